The lowest BCUT2D eigenvalue weighted by molar-refractivity contribution is 0.0973. The standard InChI is InChI=1S/C15H25NO2/c1-2-3-4-11-17-12-13-18-15-7-5-14(6-8-15)9-10-16/h5-8H,2-4,9-13,16H2,1H3. The average Bonchev–Trinajstić information content (AvgIpc) is 2.40. The molecule has 0 heterocycles. The average molecular weight is 251 g/mol. The quantitative estimate of drug-likeness (QED) is 0.650. The van der Waals surface area contributed by atoms with Crippen molar-refractivity contribution in [2.24, 2.45) is 5.73 Å². The Kier molecular flexibility index (Phi) is 8.26. The van der Waals surface area contributed by atoms with E-state index < -0.39 is 0 Å². The lowest BCUT2D eigenvalue weighted by atomic mass is 10.1. The molecule has 0 aromatic heterocycles. The van der Waals surface area contributed by atoms with Crippen LogP contribution in [0.4, 0.5) is 0 Å². The monoisotopic (exact) mass is 251 g/mol. The van der Waals surface area contributed by atoms with E-state index in [9.17, 15) is 0 Å². The van der Waals surface area contributed by atoms with E-state index >= 15 is 0 Å². The van der Waals surface area contributed by atoms with Crippen LogP contribution in [0.25, 0.3) is 0 Å². The molecule has 0 aliphatic heterocycles. The smallest absolute Gasteiger partial charge is 0.119 e. The predicted molar refractivity (Wildman–Crippen MR) is 75.0 cm³/mol. The summed E-state index contributed by atoms with van der Waals surface area (Å²) in [4.78, 5) is 0. The fourth-order valence-electron chi connectivity index (χ4n) is 1.69. The molecule has 0 amide bonds. The highest BCUT2D eigenvalue weighted by atomic mass is 16.5. The van der Waals surface area contributed by atoms with Gasteiger partial charge in [-0.25, -0.2) is 0 Å². The summed E-state index contributed by atoms with van der Waals surface area (Å²) >= 11 is 0. The highest BCUT2D eigenvalue weighted by Gasteiger charge is 1.95. The van der Waals surface area contributed by atoms with E-state index in [4.69, 9.17) is 15.2 Å². The summed E-state index contributed by atoms with van der Waals surface area (Å²) in [5, 5.41) is 0. The van der Waals surface area contributed by atoms with Gasteiger partial charge < -0.3 is 15.2 Å². The van der Waals surface area contributed by atoms with Crippen LogP contribution in [0.2, 0.25) is 0 Å². The van der Waals surface area contributed by atoms with Crippen molar-refractivity contribution in [1.29, 1.82) is 0 Å². The van der Waals surface area contributed by atoms with Gasteiger partial charge in [0.05, 0.1) is 6.61 Å². The molecular formula is C15H25NO2. The first-order valence-corrected chi connectivity index (χ1v) is 6.86. The molecule has 0 aliphatic carbocycles. The molecule has 0 spiro atoms. The third-order valence-corrected chi connectivity index (χ3v) is 2.74. The second-order valence-electron chi connectivity index (χ2n) is 4.35. The van der Waals surface area contributed by atoms with E-state index in [0.717, 1.165) is 25.2 Å². The molecule has 102 valence electrons. The van der Waals surface area contributed by atoms with E-state index in [-0.39, 0.29) is 0 Å². The van der Waals surface area contributed by atoms with E-state index in [1.165, 1.54) is 18.4 Å². The maximum absolute atomic E-state index is 5.59. The minimum absolute atomic E-state index is 0.613. The van der Waals surface area contributed by atoms with Crippen molar-refractivity contribution in [2.45, 2.75) is 32.6 Å². The molecule has 1 rings (SSSR count). The van der Waals surface area contributed by atoms with Crippen LogP contribution < -0.4 is 10.5 Å². The number of rotatable bonds is 10. The first-order valence-electron chi connectivity index (χ1n) is 6.86. The zero-order valence-corrected chi connectivity index (χ0v) is 11.4. The van der Waals surface area contributed by atoms with Gasteiger partial charge in [0.25, 0.3) is 0 Å². The van der Waals surface area contributed by atoms with Crippen molar-refractivity contribution >= 4 is 0 Å². The lowest BCUT2D eigenvalue weighted by Gasteiger charge is -2.07. The largest absolute Gasteiger partial charge is 0.491 e. The SMILES string of the molecule is CCCCCOCCOc1ccc(CCN)cc1. The second kappa shape index (κ2) is 9.92. The molecule has 3 nitrogen and oxygen atoms in total. The number of benzene rings is 1. The fraction of sp³-hybridized carbons (Fsp3) is 0.600. The number of unbranched alkanes of at least 4 members (excludes halogenated alkanes) is 2. The Morgan fingerprint density at radius 2 is 1.78 bits per heavy atom. The third kappa shape index (κ3) is 6.62. The van der Waals surface area contributed by atoms with Crippen molar-refractivity contribution in [2.75, 3.05) is 26.4 Å². The maximum atomic E-state index is 5.59. The van der Waals surface area contributed by atoms with Gasteiger partial charge in [0.2, 0.25) is 0 Å². The van der Waals surface area contributed by atoms with Crippen LogP contribution in [-0.4, -0.2) is 26.4 Å². The molecule has 0 aliphatic rings. The van der Waals surface area contributed by atoms with Crippen molar-refractivity contribution in [1.82, 2.24) is 0 Å². The Labute approximate surface area is 110 Å². The summed E-state index contributed by atoms with van der Waals surface area (Å²) in [5.41, 5.74) is 6.75. The summed E-state index contributed by atoms with van der Waals surface area (Å²) in [7, 11) is 0. The van der Waals surface area contributed by atoms with Crippen molar-refractivity contribution < 1.29 is 9.47 Å². The zero-order chi connectivity index (χ0) is 13.1. The zero-order valence-electron chi connectivity index (χ0n) is 11.4. The van der Waals surface area contributed by atoms with Gasteiger partial charge >= 0.3 is 0 Å². The molecule has 1 aromatic rings. The normalized spacial score (nSPS) is 10.6. The molecule has 0 fully saturated rings. The number of hydrogen-bond acceptors (Lipinski definition) is 3. The third-order valence-electron chi connectivity index (χ3n) is 2.74. The van der Waals surface area contributed by atoms with E-state index in [1.54, 1.807) is 0 Å². The van der Waals surface area contributed by atoms with Crippen molar-refractivity contribution in [3.8, 4) is 5.75 Å². The number of hydrogen-bond donors (Lipinski definition) is 1. The number of ether oxygens (including phenoxy) is 2. The minimum Gasteiger partial charge on any atom is -0.491 e. The Morgan fingerprint density at radius 3 is 2.44 bits per heavy atom. The minimum atomic E-state index is 0.613. The molecule has 0 unspecified atom stereocenters. The summed E-state index contributed by atoms with van der Waals surface area (Å²) in [6.45, 7) is 4.99. The fourth-order valence-corrected chi connectivity index (χ4v) is 1.69. The van der Waals surface area contributed by atoms with Gasteiger partial charge in [0.1, 0.15) is 12.4 Å². The molecule has 0 radical (unpaired) electrons. The maximum Gasteiger partial charge on any atom is 0.119 e. The summed E-state index contributed by atoms with van der Waals surface area (Å²) in [6, 6.07) is 8.10. The molecule has 3 heteroatoms. The van der Waals surface area contributed by atoms with Crippen LogP contribution >= 0.6 is 0 Å². The molecule has 0 bridgehead atoms. The van der Waals surface area contributed by atoms with E-state index in [2.05, 4.69) is 19.1 Å². The van der Waals surface area contributed by atoms with Crippen LogP contribution in [0.15, 0.2) is 24.3 Å². The highest BCUT2D eigenvalue weighted by Crippen LogP contribution is 2.12. The Morgan fingerprint density at radius 1 is 1.00 bits per heavy atom. The molecule has 0 atom stereocenters. The van der Waals surface area contributed by atoms with Crippen LogP contribution in [0.3, 0.4) is 0 Å². The molecule has 18 heavy (non-hydrogen) atoms. The lowest BCUT2D eigenvalue weighted by Crippen LogP contribution is -2.07. The second-order valence-corrected chi connectivity index (χ2v) is 4.35. The summed E-state index contributed by atoms with van der Waals surface area (Å²) < 4.78 is 11.1. The van der Waals surface area contributed by atoms with Crippen molar-refractivity contribution in [3.05, 3.63) is 29.8 Å². The summed E-state index contributed by atoms with van der Waals surface area (Å²) in [6.07, 6.45) is 4.53. The Bertz CT molecular complexity index is 298. The van der Waals surface area contributed by atoms with Crippen LogP contribution in [-0.2, 0) is 11.2 Å². The van der Waals surface area contributed by atoms with Gasteiger partial charge in [-0.05, 0) is 37.1 Å². The predicted octanol–water partition coefficient (Wildman–Crippen LogP) is 2.77. The molecule has 0 saturated carbocycles. The van der Waals surface area contributed by atoms with Gasteiger partial charge in [-0.1, -0.05) is 31.9 Å². The summed E-state index contributed by atoms with van der Waals surface area (Å²) in [5.74, 6) is 0.896. The highest BCUT2D eigenvalue weighted by molar-refractivity contribution is 5.27. The van der Waals surface area contributed by atoms with Crippen LogP contribution in [0, 0.1) is 0 Å². The Hall–Kier alpha value is -1.06. The van der Waals surface area contributed by atoms with Gasteiger partial charge in [-0.15, -0.1) is 0 Å². The van der Waals surface area contributed by atoms with Crippen LogP contribution in [0.5, 0.6) is 5.75 Å². The topological polar surface area (TPSA) is 44.5 Å². The van der Waals surface area contributed by atoms with E-state index in [0.29, 0.717) is 19.8 Å². The van der Waals surface area contributed by atoms with Crippen molar-refractivity contribution in [3.63, 3.8) is 0 Å². The first kappa shape index (κ1) is 15.0. The first-order chi connectivity index (χ1) is 8.86. The molecule has 2 N–H and O–H groups in total. The van der Waals surface area contributed by atoms with Crippen LogP contribution in [0.1, 0.15) is 31.7 Å². The number of nitrogens with two attached hydrogens (primary N) is 1. The van der Waals surface area contributed by atoms with Gasteiger partial charge in [0.15, 0.2) is 0 Å². The van der Waals surface area contributed by atoms with E-state index in [1.807, 2.05) is 12.1 Å². The molecule has 0 saturated heterocycles. The van der Waals surface area contributed by atoms with Gasteiger partial charge in [-0.2, -0.15) is 0 Å². The van der Waals surface area contributed by atoms with Gasteiger partial charge in [0, 0.05) is 6.61 Å². The van der Waals surface area contributed by atoms with Gasteiger partial charge in [-0.3, -0.25) is 0 Å². The molecule has 1 aromatic carbocycles. The molecular weight excluding hydrogens is 226 g/mol. The Balaban J connectivity index is 2.08.